The molecule has 0 atom stereocenters. The number of ether oxygens (including phenoxy) is 2. The zero-order valence-corrected chi connectivity index (χ0v) is 12.3. The standard InChI is InChI=1S/C15H11ClF3NO3/c16-10-2-1-3-13(8-10)22-9-14(21)20-11-4-6-12(7-5-11)23-15(17,18)19/h1-8H,9H2,(H,20,21). The van der Waals surface area contributed by atoms with E-state index >= 15 is 0 Å². The predicted molar refractivity (Wildman–Crippen MR) is 78.7 cm³/mol. The number of amides is 1. The maximum atomic E-state index is 12.0. The van der Waals surface area contributed by atoms with Gasteiger partial charge in [0, 0.05) is 10.7 Å². The van der Waals surface area contributed by atoms with Gasteiger partial charge in [-0.3, -0.25) is 4.79 Å². The summed E-state index contributed by atoms with van der Waals surface area (Å²) >= 11 is 5.78. The van der Waals surface area contributed by atoms with Gasteiger partial charge in [-0.1, -0.05) is 17.7 Å². The molecule has 0 unspecified atom stereocenters. The van der Waals surface area contributed by atoms with Crippen molar-refractivity contribution >= 4 is 23.2 Å². The molecule has 0 saturated heterocycles. The van der Waals surface area contributed by atoms with Gasteiger partial charge in [0.05, 0.1) is 0 Å². The van der Waals surface area contributed by atoms with Gasteiger partial charge < -0.3 is 14.8 Å². The number of alkyl halides is 3. The zero-order valence-electron chi connectivity index (χ0n) is 11.6. The first-order valence-electron chi connectivity index (χ1n) is 6.36. The fourth-order valence-electron chi connectivity index (χ4n) is 1.64. The molecular formula is C15H11ClF3NO3. The number of hydrogen-bond donors (Lipinski definition) is 1. The van der Waals surface area contributed by atoms with Crippen molar-refractivity contribution in [2.75, 3.05) is 11.9 Å². The molecule has 1 amide bonds. The van der Waals surface area contributed by atoms with E-state index in [-0.39, 0.29) is 12.4 Å². The average molecular weight is 346 g/mol. The van der Waals surface area contributed by atoms with Gasteiger partial charge in [0.1, 0.15) is 11.5 Å². The van der Waals surface area contributed by atoms with Crippen molar-refractivity contribution in [1.82, 2.24) is 0 Å². The molecule has 2 aromatic carbocycles. The Hall–Kier alpha value is -2.41. The molecule has 1 N–H and O–H groups in total. The third-order valence-electron chi connectivity index (χ3n) is 2.54. The third-order valence-corrected chi connectivity index (χ3v) is 2.77. The van der Waals surface area contributed by atoms with E-state index < -0.39 is 12.3 Å². The first-order valence-corrected chi connectivity index (χ1v) is 6.74. The SMILES string of the molecule is O=C(COc1cccc(Cl)c1)Nc1ccc(OC(F)(F)F)cc1. The molecule has 0 aliphatic carbocycles. The number of carbonyl (C=O) groups excluding carboxylic acids is 1. The molecule has 122 valence electrons. The Morgan fingerprint density at radius 1 is 1.09 bits per heavy atom. The second kappa shape index (κ2) is 7.23. The van der Waals surface area contributed by atoms with Crippen LogP contribution in [0.5, 0.6) is 11.5 Å². The molecule has 8 heteroatoms. The molecular weight excluding hydrogens is 335 g/mol. The lowest BCUT2D eigenvalue weighted by Gasteiger charge is -2.10. The molecule has 0 saturated carbocycles. The van der Waals surface area contributed by atoms with Crippen molar-refractivity contribution < 1.29 is 27.4 Å². The van der Waals surface area contributed by atoms with Crippen LogP contribution in [0.1, 0.15) is 0 Å². The summed E-state index contributed by atoms with van der Waals surface area (Å²) in [6.07, 6.45) is -4.75. The number of hydrogen-bond acceptors (Lipinski definition) is 3. The Balaban J connectivity index is 1.85. The van der Waals surface area contributed by atoms with Crippen LogP contribution < -0.4 is 14.8 Å². The zero-order chi connectivity index (χ0) is 16.9. The normalized spacial score (nSPS) is 11.0. The lowest BCUT2D eigenvalue weighted by molar-refractivity contribution is -0.274. The summed E-state index contributed by atoms with van der Waals surface area (Å²) in [6.45, 7) is -0.263. The van der Waals surface area contributed by atoms with Gasteiger partial charge in [-0.05, 0) is 42.5 Å². The van der Waals surface area contributed by atoms with Crippen LogP contribution in [0.15, 0.2) is 48.5 Å². The molecule has 0 heterocycles. The lowest BCUT2D eigenvalue weighted by atomic mass is 10.3. The number of carbonyl (C=O) groups is 1. The molecule has 23 heavy (non-hydrogen) atoms. The highest BCUT2D eigenvalue weighted by atomic mass is 35.5. The van der Waals surface area contributed by atoms with Crippen molar-refractivity contribution in [3.8, 4) is 11.5 Å². The van der Waals surface area contributed by atoms with Crippen LogP contribution >= 0.6 is 11.6 Å². The molecule has 0 radical (unpaired) electrons. The third kappa shape index (κ3) is 6.07. The van der Waals surface area contributed by atoms with Gasteiger partial charge in [0.25, 0.3) is 5.91 Å². The first-order chi connectivity index (χ1) is 10.8. The summed E-state index contributed by atoms with van der Waals surface area (Å²) < 4.78 is 45.0. The highest BCUT2D eigenvalue weighted by Gasteiger charge is 2.30. The monoisotopic (exact) mass is 345 g/mol. The molecule has 0 bridgehead atoms. The quantitative estimate of drug-likeness (QED) is 0.881. The molecule has 0 fully saturated rings. The average Bonchev–Trinajstić information content (AvgIpc) is 2.46. The number of rotatable bonds is 5. The predicted octanol–water partition coefficient (Wildman–Crippen LogP) is 4.26. The smallest absolute Gasteiger partial charge is 0.484 e. The minimum atomic E-state index is -4.75. The maximum Gasteiger partial charge on any atom is 0.573 e. The van der Waals surface area contributed by atoms with E-state index in [4.69, 9.17) is 16.3 Å². The van der Waals surface area contributed by atoms with Gasteiger partial charge >= 0.3 is 6.36 Å². The number of nitrogens with one attached hydrogen (secondary N) is 1. The molecule has 2 rings (SSSR count). The molecule has 0 aromatic heterocycles. The molecule has 0 spiro atoms. The van der Waals surface area contributed by atoms with Gasteiger partial charge in [-0.2, -0.15) is 0 Å². The number of anilines is 1. The highest BCUT2D eigenvalue weighted by Crippen LogP contribution is 2.24. The van der Waals surface area contributed by atoms with Gasteiger partial charge in [0.2, 0.25) is 0 Å². The Bertz CT molecular complexity index is 674. The van der Waals surface area contributed by atoms with Crippen LogP contribution in [0, 0.1) is 0 Å². The first kappa shape index (κ1) is 17.0. The van der Waals surface area contributed by atoms with Crippen molar-refractivity contribution in [3.63, 3.8) is 0 Å². The van der Waals surface area contributed by atoms with E-state index in [0.29, 0.717) is 16.5 Å². The molecule has 0 aliphatic heterocycles. The molecule has 0 aliphatic rings. The Morgan fingerprint density at radius 2 is 1.78 bits per heavy atom. The molecule has 2 aromatic rings. The van der Waals surface area contributed by atoms with Crippen LogP contribution in [0.3, 0.4) is 0 Å². The Morgan fingerprint density at radius 3 is 2.39 bits per heavy atom. The number of halogens is 4. The van der Waals surface area contributed by atoms with Crippen molar-refractivity contribution in [3.05, 3.63) is 53.6 Å². The van der Waals surface area contributed by atoms with Gasteiger partial charge in [-0.15, -0.1) is 13.2 Å². The van der Waals surface area contributed by atoms with E-state index in [1.54, 1.807) is 24.3 Å². The summed E-state index contributed by atoms with van der Waals surface area (Å²) in [6, 6.07) is 11.3. The molecule has 4 nitrogen and oxygen atoms in total. The Kier molecular flexibility index (Phi) is 5.33. The van der Waals surface area contributed by atoms with Crippen LogP contribution in [0.2, 0.25) is 5.02 Å². The fourth-order valence-corrected chi connectivity index (χ4v) is 1.82. The van der Waals surface area contributed by atoms with Gasteiger partial charge in [-0.25, -0.2) is 0 Å². The summed E-state index contributed by atoms with van der Waals surface area (Å²) in [5.41, 5.74) is 0.319. The summed E-state index contributed by atoms with van der Waals surface area (Å²) in [4.78, 5) is 11.7. The maximum absolute atomic E-state index is 12.0. The minimum Gasteiger partial charge on any atom is -0.484 e. The second-order valence-corrected chi connectivity index (χ2v) is 4.80. The topological polar surface area (TPSA) is 47.6 Å². The van der Waals surface area contributed by atoms with Crippen LogP contribution in [0.25, 0.3) is 0 Å². The fraction of sp³-hybridized carbons (Fsp3) is 0.133. The van der Waals surface area contributed by atoms with Crippen LogP contribution in [-0.4, -0.2) is 18.9 Å². The van der Waals surface area contributed by atoms with Crippen LogP contribution in [-0.2, 0) is 4.79 Å². The lowest BCUT2D eigenvalue weighted by Crippen LogP contribution is -2.20. The van der Waals surface area contributed by atoms with E-state index in [2.05, 4.69) is 10.1 Å². The summed E-state index contributed by atoms with van der Waals surface area (Å²) in [7, 11) is 0. The van der Waals surface area contributed by atoms with Crippen molar-refractivity contribution in [2.45, 2.75) is 6.36 Å². The minimum absolute atomic E-state index is 0.263. The largest absolute Gasteiger partial charge is 0.573 e. The van der Waals surface area contributed by atoms with E-state index in [1.165, 1.54) is 12.1 Å². The van der Waals surface area contributed by atoms with Crippen molar-refractivity contribution in [2.24, 2.45) is 0 Å². The second-order valence-electron chi connectivity index (χ2n) is 4.37. The van der Waals surface area contributed by atoms with Gasteiger partial charge in [0.15, 0.2) is 6.61 Å². The summed E-state index contributed by atoms with van der Waals surface area (Å²) in [5, 5.41) is 2.96. The van der Waals surface area contributed by atoms with Crippen LogP contribution in [0.4, 0.5) is 18.9 Å². The van der Waals surface area contributed by atoms with Crippen molar-refractivity contribution in [1.29, 1.82) is 0 Å². The van der Waals surface area contributed by atoms with E-state index in [0.717, 1.165) is 12.1 Å². The Labute approximate surface area is 134 Å². The highest BCUT2D eigenvalue weighted by molar-refractivity contribution is 6.30. The van der Waals surface area contributed by atoms with E-state index in [9.17, 15) is 18.0 Å². The van der Waals surface area contributed by atoms with E-state index in [1.807, 2.05) is 0 Å². The summed E-state index contributed by atoms with van der Waals surface area (Å²) in [5.74, 6) is -0.401. The number of benzene rings is 2.